The van der Waals surface area contributed by atoms with Crippen LogP contribution in [0.15, 0.2) is 53.7 Å². The van der Waals surface area contributed by atoms with Crippen molar-refractivity contribution in [3.63, 3.8) is 0 Å². The van der Waals surface area contributed by atoms with Crippen LogP contribution in [0.3, 0.4) is 0 Å². The summed E-state index contributed by atoms with van der Waals surface area (Å²) >= 11 is 0. The molecule has 0 N–H and O–H groups in total. The summed E-state index contributed by atoms with van der Waals surface area (Å²) in [6.45, 7) is 0.294. The molecule has 8 nitrogen and oxygen atoms in total. The molecule has 30 heavy (non-hydrogen) atoms. The summed E-state index contributed by atoms with van der Waals surface area (Å²) in [6.07, 6.45) is 2.38. The van der Waals surface area contributed by atoms with Crippen LogP contribution in [0.25, 0.3) is 10.9 Å². The predicted molar refractivity (Wildman–Crippen MR) is 107 cm³/mol. The van der Waals surface area contributed by atoms with Gasteiger partial charge in [0, 0.05) is 30.1 Å². The quantitative estimate of drug-likeness (QED) is 0.489. The number of ketones is 1. The summed E-state index contributed by atoms with van der Waals surface area (Å²) in [6, 6.07) is 9.06. The van der Waals surface area contributed by atoms with Gasteiger partial charge >= 0.3 is 6.04 Å². The molecule has 0 radical (unpaired) electrons. The molecule has 3 aromatic rings. The predicted octanol–water partition coefficient (Wildman–Crippen LogP) is 3.19. The molecule has 1 atom stereocenters. The Labute approximate surface area is 169 Å². The number of Topliss-reactive ketones (excluding diaryl/α,β-unsaturated/α-hetero) is 1. The molecule has 1 amide bonds. The minimum atomic E-state index is -1.50. The molecule has 2 heterocycles. The van der Waals surface area contributed by atoms with Crippen LogP contribution in [0.1, 0.15) is 26.3 Å². The third kappa shape index (κ3) is 3.41. The highest BCUT2D eigenvalue weighted by Gasteiger charge is 2.34. The molecule has 0 saturated heterocycles. The highest BCUT2D eigenvalue weighted by molar-refractivity contribution is 6.18. The molecule has 1 aliphatic heterocycles. The van der Waals surface area contributed by atoms with Crippen molar-refractivity contribution < 1.29 is 18.9 Å². The number of amides is 1. The number of rotatable bonds is 4. The number of nitrogens with zero attached hydrogens (tertiary/aromatic N) is 4. The minimum absolute atomic E-state index is 0.131. The Morgan fingerprint density at radius 1 is 1.23 bits per heavy atom. The maximum absolute atomic E-state index is 13.0. The molecular formula is C21H15FN4O4. The fourth-order valence-electron chi connectivity index (χ4n) is 3.31. The first-order chi connectivity index (χ1) is 14.3. The maximum Gasteiger partial charge on any atom is 0.309 e. The van der Waals surface area contributed by atoms with E-state index in [0.29, 0.717) is 23.0 Å². The number of halogens is 1. The first kappa shape index (κ1) is 19.3. The van der Waals surface area contributed by atoms with E-state index in [4.69, 9.17) is 0 Å². The molecule has 150 valence electrons. The number of hydrogen-bond donors (Lipinski definition) is 0. The molecule has 9 heteroatoms. The average Bonchev–Trinajstić information content (AvgIpc) is 2.74. The third-order valence-electron chi connectivity index (χ3n) is 4.86. The lowest BCUT2D eigenvalue weighted by molar-refractivity contribution is -0.485. The summed E-state index contributed by atoms with van der Waals surface area (Å²) in [5, 5.41) is 11.6. The Bertz CT molecular complexity index is 1220. The van der Waals surface area contributed by atoms with Crippen LogP contribution >= 0.6 is 0 Å². The number of fused-ring (bicyclic) bond motifs is 3. The van der Waals surface area contributed by atoms with E-state index in [1.807, 2.05) is 0 Å². The van der Waals surface area contributed by atoms with Crippen LogP contribution in [0.4, 0.5) is 10.1 Å². The molecule has 1 aromatic heterocycles. The largest absolute Gasteiger partial charge is 0.337 e. The lowest BCUT2D eigenvalue weighted by atomic mass is 9.98. The monoisotopic (exact) mass is 406 g/mol. The van der Waals surface area contributed by atoms with Gasteiger partial charge in [-0.15, -0.1) is 0 Å². The second-order valence-corrected chi connectivity index (χ2v) is 6.92. The molecular weight excluding hydrogens is 391 g/mol. The Morgan fingerprint density at radius 3 is 2.67 bits per heavy atom. The first-order valence-corrected chi connectivity index (χ1v) is 8.99. The van der Waals surface area contributed by atoms with Crippen molar-refractivity contribution in [2.45, 2.75) is 12.6 Å². The topological polar surface area (TPSA) is 106 Å². The summed E-state index contributed by atoms with van der Waals surface area (Å²) in [4.78, 5) is 45.2. The number of pyridine rings is 1. The fourth-order valence-corrected chi connectivity index (χ4v) is 3.31. The van der Waals surface area contributed by atoms with Crippen molar-refractivity contribution in [1.29, 1.82) is 0 Å². The zero-order valence-corrected chi connectivity index (χ0v) is 15.8. The van der Waals surface area contributed by atoms with Crippen molar-refractivity contribution in [1.82, 2.24) is 9.88 Å². The van der Waals surface area contributed by atoms with Crippen molar-refractivity contribution in [3.8, 4) is 0 Å². The van der Waals surface area contributed by atoms with Gasteiger partial charge in [-0.1, -0.05) is 18.2 Å². The van der Waals surface area contributed by atoms with Crippen molar-refractivity contribution in [3.05, 3.63) is 81.3 Å². The number of carbonyl (C=O) groups excluding carboxylic acids is 2. The van der Waals surface area contributed by atoms with Gasteiger partial charge in [-0.2, -0.15) is 0 Å². The number of aliphatic imine (C=N–C) groups is 1. The number of nitro groups is 1. The van der Waals surface area contributed by atoms with Crippen LogP contribution in [0, 0.1) is 15.9 Å². The second-order valence-electron chi connectivity index (χ2n) is 6.92. The van der Waals surface area contributed by atoms with Crippen molar-refractivity contribution in [2.75, 3.05) is 7.05 Å². The Kier molecular flexibility index (Phi) is 4.78. The summed E-state index contributed by atoms with van der Waals surface area (Å²) in [5.41, 5.74) is 1.89. The van der Waals surface area contributed by atoms with Gasteiger partial charge < -0.3 is 4.90 Å². The van der Waals surface area contributed by atoms with E-state index in [0.717, 1.165) is 11.8 Å². The molecule has 1 aliphatic rings. The van der Waals surface area contributed by atoms with E-state index >= 15 is 0 Å². The highest BCUT2D eigenvalue weighted by Crippen LogP contribution is 2.32. The molecule has 0 fully saturated rings. The lowest BCUT2D eigenvalue weighted by Crippen LogP contribution is -2.33. The molecule has 0 saturated carbocycles. The SMILES string of the molecule is CN(Cc1ccc(F)cc1)C(=O)c1cnc2c3c(ccc2c1)C(=O)C([N+](=O)[O-])C=N3. The van der Waals surface area contributed by atoms with Crippen LogP contribution in [0.2, 0.25) is 0 Å². The van der Waals surface area contributed by atoms with Crippen molar-refractivity contribution in [2.24, 2.45) is 4.99 Å². The zero-order chi connectivity index (χ0) is 21.4. The molecule has 0 aliphatic carbocycles. The van der Waals surface area contributed by atoms with Gasteiger partial charge in [0.25, 0.3) is 5.91 Å². The zero-order valence-electron chi connectivity index (χ0n) is 15.8. The van der Waals surface area contributed by atoms with E-state index in [-0.39, 0.29) is 23.0 Å². The third-order valence-corrected chi connectivity index (χ3v) is 4.86. The smallest absolute Gasteiger partial charge is 0.309 e. The van der Waals surface area contributed by atoms with E-state index in [2.05, 4.69) is 9.98 Å². The number of carbonyl (C=O) groups is 2. The van der Waals surface area contributed by atoms with Gasteiger partial charge in [0.05, 0.1) is 22.9 Å². The Balaban J connectivity index is 1.63. The van der Waals surface area contributed by atoms with E-state index in [1.54, 1.807) is 31.3 Å². The van der Waals surface area contributed by atoms with Gasteiger partial charge in [-0.25, -0.2) is 4.39 Å². The maximum atomic E-state index is 13.0. The highest BCUT2D eigenvalue weighted by atomic mass is 19.1. The number of aromatic nitrogens is 1. The number of hydrogen-bond acceptors (Lipinski definition) is 6. The minimum Gasteiger partial charge on any atom is -0.337 e. The molecule has 0 bridgehead atoms. The normalized spacial score (nSPS) is 15.1. The van der Waals surface area contributed by atoms with Gasteiger partial charge in [0.1, 0.15) is 11.5 Å². The van der Waals surface area contributed by atoms with E-state index in [1.165, 1.54) is 29.3 Å². The average molecular weight is 406 g/mol. The van der Waals surface area contributed by atoms with Gasteiger partial charge in [-0.3, -0.25) is 29.7 Å². The summed E-state index contributed by atoms with van der Waals surface area (Å²) in [5.74, 6) is -1.27. The van der Waals surface area contributed by atoms with Crippen LogP contribution < -0.4 is 0 Å². The van der Waals surface area contributed by atoms with Crippen LogP contribution in [-0.2, 0) is 6.54 Å². The fraction of sp³-hybridized carbons (Fsp3) is 0.143. The Hall–Kier alpha value is -4.01. The first-order valence-electron chi connectivity index (χ1n) is 8.99. The van der Waals surface area contributed by atoms with Crippen LogP contribution in [0.5, 0.6) is 0 Å². The van der Waals surface area contributed by atoms with Gasteiger partial charge in [0.15, 0.2) is 0 Å². The molecule has 2 aromatic carbocycles. The van der Waals surface area contributed by atoms with Crippen molar-refractivity contribution >= 4 is 34.5 Å². The molecule has 4 rings (SSSR count). The summed E-state index contributed by atoms with van der Waals surface area (Å²) in [7, 11) is 1.63. The number of benzene rings is 2. The molecule has 1 unspecified atom stereocenters. The van der Waals surface area contributed by atoms with E-state index < -0.39 is 16.7 Å². The standard InChI is InChI=1S/C21H15FN4O4/c1-25(11-12-2-5-15(22)6-3-12)21(28)14-8-13-4-7-16-19(18(13)23-9-14)24-10-17(20(16)27)26(29)30/h2-10,17H,11H2,1H3. The van der Waals surface area contributed by atoms with Gasteiger partial charge in [0.2, 0.25) is 5.78 Å². The lowest BCUT2D eigenvalue weighted by Gasteiger charge is -2.18. The van der Waals surface area contributed by atoms with E-state index in [9.17, 15) is 24.1 Å². The summed E-state index contributed by atoms with van der Waals surface area (Å²) < 4.78 is 13.0. The molecule has 0 spiro atoms. The Morgan fingerprint density at radius 2 is 1.97 bits per heavy atom. The second kappa shape index (κ2) is 7.43. The van der Waals surface area contributed by atoms with Crippen LogP contribution in [-0.4, -0.2) is 45.8 Å². The van der Waals surface area contributed by atoms with Gasteiger partial charge in [-0.05, 0) is 29.8 Å².